The van der Waals surface area contributed by atoms with Gasteiger partial charge in [-0.25, -0.2) is 4.79 Å². The standard InChI is InChI=1S/C11H21NO4S/c1-8(9(13)14)7-17-6-5-12-10(15)16-11(2,3)4/h8H,5-7H2,1-4H3,(H,12,15)(H,13,14). The Morgan fingerprint density at radius 3 is 2.47 bits per heavy atom. The van der Waals surface area contributed by atoms with E-state index in [0.29, 0.717) is 18.1 Å². The topological polar surface area (TPSA) is 75.6 Å². The zero-order chi connectivity index (χ0) is 13.5. The fourth-order valence-corrected chi connectivity index (χ4v) is 1.78. The number of aliphatic carboxylic acids is 1. The van der Waals surface area contributed by atoms with Crippen LogP contribution in [0.5, 0.6) is 0 Å². The summed E-state index contributed by atoms with van der Waals surface area (Å²) in [6.45, 7) is 7.55. The molecule has 0 saturated heterocycles. The van der Waals surface area contributed by atoms with Crippen molar-refractivity contribution in [2.24, 2.45) is 5.92 Å². The maximum atomic E-state index is 11.2. The van der Waals surface area contributed by atoms with E-state index >= 15 is 0 Å². The zero-order valence-corrected chi connectivity index (χ0v) is 11.6. The molecule has 1 atom stereocenters. The Morgan fingerprint density at radius 1 is 1.41 bits per heavy atom. The number of hydrogen-bond donors (Lipinski definition) is 2. The molecule has 17 heavy (non-hydrogen) atoms. The number of carboxylic acid groups (broad SMARTS) is 1. The van der Waals surface area contributed by atoms with Crippen LogP contribution >= 0.6 is 11.8 Å². The van der Waals surface area contributed by atoms with E-state index in [2.05, 4.69) is 5.32 Å². The highest BCUT2D eigenvalue weighted by atomic mass is 32.2. The SMILES string of the molecule is CC(CSCCNC(=O)OC(C)(C)C)C(=O)O. The first-order valence-corrected chi connectivity index (χ1v) is 6.65. The molecule has 0 rings (SSSR count). The van der Waals surface area contributed by atoms with E-state index < -0.39 is 17.7 Å². The molecule has 0 aliphatic heterocycles. The van der Waals surface area contributed by atoms with Crippen molar-refractivity contribution in [2.45, 2.75) is 33.3 Å². The van der Waals surface area contributed by atoms with Crippen LogP contribution in [0, 0.1) is 5.92 Å². The molecular formula is C11H21NO4S. The Bertz CT molecular complexity index is 263. The average Bonchev–Trinajstić information content (AvgIpc) is 2.13. The van der Waals surface area contributed by atoms with Crippen molar-refractivity contribution in [1.29, 1.82) is 0 Å². The van der Waals surface area contributed by atoms with Crippen LogP contribution in [0.1, 0.15) is 27.7 Å². The van der Waals surface area contributed by atoms with Gasteiger partial charge in [-0.05, 0) is 20.8 Å². The number of rotatable bonds is 6. The summed E-state index contributed by atoms with van der Waals surface area (Å²) in [4.78, 5) is 21.8. The highest BCUT2D eigenvalue weighted by Crippen LogP contribution is 2.08. The second-order valence-corrected chi connectivity index (χ2v) is 5.89. The Balaban J connectivity index is 3.52. The van der Waals surface area contributed by atoms with Crippen molar-refractivity contribution in [3.8, 4) is 0 Å². The van der Waals surface area contributed by atoms with E-state index in [4.69, 9.17) is 9.84 Å². The molecular weight excluding hydrogens is 242 g/mol. The molecule has 0 saturated carbocycles. The molecule has 5 nitrogen and oxygen atoms in total. The molecule has 1 amide bonds. The molecule has 0 radical (unpaired) electrons. The average molecular weight is 263 g/mol. The van der Waals surface area contributed by atoms with Gasteiger partial charge < -0.3 is 15.2 Å². The van der Waals surface area contributed by atoms with E-state index in [-0.39, 0.29) is 5.92 Å². The van der Waals surface area contributed by atoms with Gasteiger partial charge in [0, 0.05) is 18.1 Å². The molecule has 0 aliphatic carbocycles. The zero-order valence-electron chi connectivity index (χ0n) is 10.8. The number of ether oxygens (including phenoxy) is 1. The predicted octanol–water partition coefficient (Wildman–Crippen LogP) is 1.97. The molecule has 0 fully saturated rings. The van der Waals surface area contributed by atoms with Crippen LogP contribution in [-0.4, -0.2) is 40.8 Å². The van der Waals surface area contributed by atoms with Gasteiger partial charge in [0.2, 0.25) is 0 Å². The number of thioether (sulfide) groups is 1. The lowest BCUT2D eigenvalue weighted by Crippen LogP contribution is -2.33. The first kappa shape index (κ1) is 16.1. The van der Waals surface area contributed by atoms with Gasteiger partial charge in [-0.2, -0.15) is 11.8 Å². The maximum Gasteiger partial charge on any atom is 0.407 e. The normalized spacial score (nSPS) is 12.9. The lowest BCUT2D eigenvalue weighted by molar-refractivity contribution is -0.140. The highest BCUT2D eigenvalue weighted by Gasteiger charge is 2.15. The Kier molecular flexibility index (Phi) is 7.03. The number of carbonyl (C=O) groups excluding carboxylic acids is 1. The molecule has 0 spiro atoms. The Labute approximate surface area is 106 Å². The van der Waals surface area contributed by atoms with Crippen LogP contribution in [-0.2, 0) is 9.53 Å². The molecule has 0 aliphatic rings. The van der Waals surface area contributed by atoms with E-state index in [1.807, 2.05) is 0 Å². The lowest BCUT2D eigenvalue weighted by Gasteiger charge is -2.19. The first-order valence-electron chi connectivity index (χ1n) is 5.50. The molecule has 0 aromatic carbocycles. The van der Waals surface area contributed by atoms with Gasteiger partial charge in [-0.3, -0.25) is 4.79 Å². The van der Waals surface area contributed by atoms with Crippen molar-refractivity contribution in [2.75, 3.05) is 18.1 Å². The number of carbonyl (C=O) groups is 2. The van der Waals surface area contributed by atoms with Gasteiger partial charge in [-0.1, -0.05) is 6.92 Å². The summed E-state index contributed by atoms with van der Waals surface area (Å²) in [6.07, 6.45) is -0.440. The fraction of sp³-hybridized carbons (Fsp3) is 0.818. The third-order valence-corrected chi connectivity index (χ3v) is 2.93. The van der Waals surface area contributed by atoms with Gasteiger partial charge in [-0.15, -0.1) is 0 Å². The molecule has 1 unspecified atom stereocenters. The molecule has 6 heteroatoms. The van der Waals surface area contributed by atoms with Crippen molar-refractivity contribution >= 4 is 23.8 Å². The van der Waals surface area contributed by atoms with Crippen LogP contribution < -0.4 is 5.32 Å². The Morgan fingerprint density at radius 2 is 2.00 bits per heavy atom. The van der Waals surface area contributed by atoms with Crippen LogP contribution in [0.4, 0.5) is 4.79 Å². The van der Waals surface area contributed by atoms with Crippen LogP contribution in [0.2, 0.25) is 0 Å². The number of hydrogen-bond acceptors (Lipinski definition) is 4. The van der Waals surface area contributed by atoms with Crippen molar-refractivity contribution in [3.63, 3.8) is 0 Å². The van der Waals surface area contributed by atoms with Crippen LogP contribution in [0.15, 0.2) is 0 Å². The summed E-state index contributed by atoms with van der Waals surface area (Å²) >= 11 is 1.50. The first-order chi connectivity index (χ1) is 7.72. The smallest absolute Gasteiger partial charge is 0.407 e. The second kappa shape index (κ2) is 7.42. The van der Waals surface area contributed by atoms with Crippen LogP contribution in [0.3, 0.4) is 0 Å². The Hall–Kier alpha value is -0.910. The number of carboxylic acids is 1. The van der Waals surface area contributed by atoms with Gasteiger partial charge in [0.05, 0.1) is 5.92 Å². The van der Waals surface area contributed by atoms with Crippen LogP contribution in [0.25, 0.3) is 0 Å². The van der Waals surface area contributed by atoms with Gasteiger partial charge in [0.15, 0.2) is 0 Å². The summed E-state index contributed by atoms with van der Waals surface area (Å²) < 4.78 is 5.05. The van der Waals surface area contributed by atoms with Crippen molar-refractivity contribution in [1.82, 2.24) is 5.32 Å². The minimum atomic E-state index is -0.794. The minimum absolute atomic E-state index is 0.360. The minimum Gasteiger partial charge on any atom is -0.481 e. The summed E-state index contributed by atoms with van der Waals surface area (Å²) in [6, 6.07) is 0. The monoisotopic (exact) mass is 263 g/mol. The molecule has 0 heterocycles. The summed E-state index contributed by atoms with van der Waals surface area (Å²) in [5.41, 5.74) is -0.491. The number of amides is 1. The van der Waals surface area contributed by atoms with Gasteiger partial charge >= 0.3 is 12.1 Å². The lowest BCUT2D eigenvalue weighted by atomic mass is 10.2. The third-order valence-electron chi connectivity index (χ3n) is 1.70. The highest BCUT2D eigenvalue weighted by molar-refractivity contribution is 7.99. The van der Waals surface area contributed by atoms with Gasteiger partial charge in [0.1, 0.15) is 5.60 Å². The largest absolute Gasteiger partial charge is 0.481 e. The summed E-state index contributed by atoms with van der Waals surface area (Å²) in [5.74, 6) is 0.0708. The molecule has 0 aromatic rings. The quantitative estimate of drug-likeness (QED) is 0.716. The fourth-order valence-electron chi connectivity index (χ4n) is 0.871. The second-order valence-electron chi connectivity index (χ2n) is 4.74. The summed E-state index contributed by atoms with van der Waals surface area (Å²) in [5, 5.41) is 11.3. The van der Waals surface area contributed by atoms with Crippen molar-refractivity contribution in [3.05, 3.63) is 0 Å². The van der Waals surface area contributed by atoms with Crippen molar-refractivity contribution < 1.29 is 19.4 Å². The molecule has 0 aromatic heterocycles. The number of nitrogens with one attached hydrogen (secondary N) is 1. The maximum absolute atomic E-state index is 11.2. The molecule has 2 N–H and O–H groups in total. The third kappa shape index (κ3) is 9.99. The number of alkyl carbamates (subject to hydrolysis) is 1. The van der Waals surface area contributed by atoms with E-state index in [1.54, 1.807) is 27.7 Å². The van der Waals surface area contributed by atoms with E-state index in [9.17, 15) is 9.59 Å². The van der Waals surface area contributed by atoms with Gasteiger partial charge in [0.25, 0.3) is 0 Å². The predicted molar refractivity (Wildman–Crippen MR) is 68.4 cm³/mol. The van der Waals surface area contributed by atoms with E-state index in [1.165, 1.54) is 11.8 Å². The van der Waals surface area contributed by atoms with E-state index in [0.717, 1.165) is 0 Å². The molecule has 0 bridgehead atoms. The summed E-state index contributed by atoms with van der Waals surface area (Å²) in [7, 11) is 0. The molecule has 100 valence electrons.